The van der Waals surface area contributed by atoms with Crippen LogP contribution in [0.1, 0.15) is 24.3 Å². The molecule has 2 N–H and O–H groups in total. The van der Waals surface area contributed by atoms with Crippen LogP contribution in [0.4, 0.5) is 0 Å². The lowest BCUT2D eigenvalue weighted by Crippen LogP contribution is -2.39. The maximum Gasteiger partial charge on any atom is 0.259 e. The maximum absolute atomic E-state index is 10.6. The molecule has 0 atom stereocenters. The second-order valence-corrected chi connectivity index (χ2v) is 6.02. The third kappa shape index (κ3) is 2.51. The molecule has 1 aliphatic rings. The fourth-order valence-electron chi connectivity index (χ4n) is 2.32. The first-order valence-corrected chi connectivity index (χ1v) is 7.42. The van der Waals surface area contributed by atoms with Crippen LogP contribution in [-0.4, -0.2) is 28.3 Å². The number of nitrogens with zero attached hydrogens (tertiary/aromatic N) is 2. The monoisotopic (exact) mass is 337 g/mol. The van der Waals surface area contributed by atoms with Gasteiger partial charge in [-0.1, -0.05) is 33.2 Å². The normalized spacial score (nSPS) is 18.1. The zero-order valence-electron chi connectivity index (χ0n) is 11.2. The third-order valence-corrected chi connectivity index (χ3v) is 4.54. The van der Waals surface area contributed by atoms with E-state index in [9.17, 15) is 5.11 Å². The number of nitrogens with one attached hydrogen (secondary N) is 1. The van der Waals surface area contributed by atoms with Gasteiger partial charge in [0, 0.05) is 10.0 Å². The first-order valence-electron chi connectivity index (χ1n) is 6.62. The van der Waals surface area contributed by atoms with E-state index in [4.69, 9.17) is 4.52 Å². The van der Waals surface area contributed by atoms with Crippen molar-refractivity contribution in [3.8, 4) is 11.4 Å². The van der Waals surface area contributed by atoms with Gasteiger partial charge in [-0.2, -0.15) is 4.98 Å². The van der Waals surface area contributed by atoms with Crippen molar-refractivity contribution in [2.24, 2.45) is 0 Å². The topological polar surface area (TPSA) is 71.2 Å². The van der Waals surface area contributed by atoms with Gasteiger partial charge in [-0.3, -0.25) is 0 Å². The van der Waals surface area contributed by atoms with E-state index in [1.165, 1.54) is 0 Å². The van der Waals surface area contributed by atoms with Gasteiger partial charge in [0.15, 0.2) is 0 Å². The molecule has 1 aromatic heterocycles. The van der Waals surface area contributed by atoms with Crippen LogP contribution in [0.3, 0.4) is 0 Å². The van der Waals surface area contributed by atoms with Crippen LogP contribution < -0.4 is 5.32 Å². The van der Waals surface area contributed by atoms with Crippen molar-refractivity contribution in [1.29, 1.82) is 0 Å². The van der Waals surface area contributed by atoms with Crippen molar-refractivity contribution in [3.05, 3.63) is 34.1 Å². The Kier molecular flexibility index (Phi) is 3.62. The van der Waals surface area contributed by atoms with Crippen molar-refractivity contribution >= 4 is 15.9 Å². The average Bonchev–Trinajstić information content (AvgIpc) is 2.93. The molecule has 0 bridgehead atoms. The Morgan fingerprint density at radius 3 is 2.80 bits per heavy atom. The van der Waals surface area contributed by atoms with E-state index in [0.717, 1.165) is 28.7 Å². The zero-order chi connectivity index (χ0) is 14.2. The molecular formula is C14H16BrN3O2. The van der Waals surface area contributed by atoms with E-state index >= 15 is 0 Å². The first kappa shape index (κ1) is 13.7. The number of rotatable bonds is 2. The molecular weight excluding hydrogens is 322 g/mol. The number of halogens is 1. The van der Waals surface area contributed by atoms with Gasteiger partial charge in [0.25, 0.3) is 5.89 Å². The van der Waals surface area contributed by atoms with E-state index in [1.807, 2.05) is 25.1 Å². The van der Waals surface area contributed by atoms with E-state index < -0.39 is 5.60 Å². The number of benzene rings is 1. The molecule has 20 heavy (non-hydrogen) atoms. The minimum atomic E-state index is -1.00. The molecule has 0 aliphatic carbocycles. The Balaban J connectivity index is 1.91. The molecule has 0 saturated carbocycles. The van der Waals surface area contributed by atoms with Gasteiger partial charge in [0.1, 0.15) is 5.60 Å². The molecule has 0 unspecified atom stereocenters. The quantitative estimate of drug-likeness (QED) is 0.880. The number of piperidine rings is 1. The Bertz CT molecular complexity index is 621. The molecule has 5 nitrogen and oxygen atoms in total. The summed E-state index contributed by atoms with van der Waals surface area (Å²) in [5.41, 5.74) is 1.02. The SMILES string of the molecule is Cc1ccc(-c2noc(C3(O)CCNCC3)n2)cc1Br. The fraction of sp³-hybridized carbons (Fsp3) is 0.429. The highest BCUT2D eigenvalue weighted by molar-refractivity contribution is 9.10. The second-order valence-electron chi connectivity index (χ2n) is 5.17. The van der Waals surface area contributed by atoms with Crippen LogP contribution in [0.5, 0.6) is 0 Å². The van der Waals surface area contributed by atoms with Crippen LogP contribution >= 0.6 is 15.9 Å². The average molecular weight is 338 g/mol. The smallest absolute Gasteiger partial charge is 0.259 e. The summed E-state index contributed by atoms with van der Waals surface area (Å²) in [4.78, 5) is 4.37. The lowest BCUT2D eigenvalue weighted by Gasteiger charge is -2.28. The highest BCUT2D eigenvalue weighted by Gasteiger charge is 2.37. The number of hydrogen-bond donors (Lipinski definition) is 2. The van der Waals surface area contributed by atoms with Gasteiger partial charge in [-0.05, 0) is 44.5 Å². The van der Waals surface area contributed by atoms with E-state index in [2.05, 4.69) is 31.4 Å². The molecule has 1 fully saturated rings. The predicted octanol–water partition coefficient (Wildman–Crippen LogP) is 2.38. The van der Waals surface area contributed by atoms with Crippen LogP contribution in [0.25, 0.3) is 11.4 Å². The Morgan fingerprint density at radius 1 is 1.35 bits per heavy atom. The molecule has 1 aliphatic heterocycles. The summed E-state index contributed by atoms with van der Waals surface area (Å²) < 4.78 is 6.28. The Hall–Kier alpha value is -1.24. The summed E-state index contributed by atoms with van der Waals surface area (Å²) in [6.45, 7) is 3.53. The van der Waals surface area contributed by atoms with Gasteiger partial charge in [0.2, 0.25) is 5.82 Å². The van der Waals surface area contributed by atoms with Gasteiger partial charge in [-0.25, -0.2) is 0 Å². The summed E-state index contributed by atoms with van der Waals surface area (Å²) in [5, 5.41) is 17.8. The van der Waals surface area contributed by atoms with Gasteiger partial charge in [-0.15, -0.1) is 0 Å². The summed E-state index contributed by atoms with van der Waals surface area (Å²) in [6.07, 6.45) is 1.18. The molecule has 2 heterocycles. The molecule has 0 spiro atoms. The molecule has 0 amide bonds. The van der Waals surface area contributed by atoms with Crippen molar-refractivity contribution in [2.75, 3.05) is 13.1 Å². The summed E-state index contributed by atoms with van der Waals surface area (Å²) in [6, 6.07) is 5.90. The van der Waals surface area contributed by atoms with E-state index in [1.54, 1.807) is 0 Å². The van der Waals surface area contributed by atoms with Crippen molar-refractivity contribution in [2.45, 2.75) is 25.4 Å². The van der Waals surface area contributed by atoms with Crippen molar-refractivity contribution in [3.63, 3.8) is 0 Å². The van der Waals surface area contributed by atoms with Gasteiger partial charge < -0.3 is 14.9 Å². The third-order valence-electron chi connectivity index (χ3n) is 3.68. The van der Waals surface area contributed by atoms with Crippen molar-refractivity contribution in [1.82, 2.24) is 15.5 Å². The largest absolute Gasteiger partial charge is 0.380 e. The summed E-state index contributed by atoms with van der Waals surface area (Å²) >= 11 is 3.49. The molecule has 1 saturated heterocycles. The number of aryl methyl sites for hydroxylation is 1. The first-order chi connectivity index (χ1) is 9.58. The van der Waals surface area contributed by atoms with Gasteiger partial charge in [0.05, 0.1) is 0 Å². The lowest BCUT2D eigenvalue weighted by atomic mass is 9.92. The molecule has 3 rings (SSSR count). The minimum absolute atomic E-state index is 0.311. The lowest BCUT2D eigenvalue weighted by molar-refractivity contribution is -0.0228. The standard InChI is InChI=1S/C14H16BrN3O2/c1-9-2-3-10(8-11(9)15)12-17-13(20-18-12)14(19)4-6-16-7-5-14/h2-3,8,16,19H,4-7H2,1H3. The highest BCUT2D eigenvalue weighted by atomic mass is 79.9. The molecule has 106 valence electrons. The highest BCUT2D eigenvalue weighted by Crippen LogP contribution is 2.31. The van der Waals surface area contributed by atoms with Crippen LogP contribution in [0.2, 0.25) is 0 Å². The number of aromatic nitrogens is 2. The summed E-state index contributed by atoms with van der Waals surface area (Å²) in [5.74, 6) is 0.818. The Labute approximate surface area is 125 Å². The number of aliphatic hydroxyl groups is 1. The number of hydrogen-bond acceptors (Lipinski definition) is 5. The fourth-order valence-corrected chi connectivity index (χ4v) is 2.69. The molecule has 2 aromatic rings. The molecule has 0 radical (unpaired) electrons. The van der Waals surface area contributed by atoms with Crippen LogP contribution in [-0.2, 0) is 5.60 Å². The predicted molar refractivity (Wildman–Crippen MR) is 78.2 cm³/mol. The zero-order valence-corrected chi connectivity index (χ0v) is 12.8. The van der Waals surface area contributed by atoms with Gasteiger partial charge >= 0.3 is 0 Å². The van der Waals surface area contributed by atoms with Crippen LogP contribution in [0, 0.1) is 6.92 Å². The maximum atomic E-state index is 10.6. The molecule has 6 heteroatoms. The van der Waals surface area contributed by atoms with Crippen LogP contribution in [0.15, 0.2) is 27.2 Å². The van der Waals surface area contributed by atoms with Crippen molar-refractivity contribution < 1.29 is 9.63 Å². The second kappa shape index (κ2) is 5.27. The summed E-state index contributed by atoms with van der Waals surface area (Å²) in [7, 11) is 0. The van der Waals surface area contributed by atoms with E-state index in [0.29, 0.717) is 24.6 Å². The van der Waals surface area contributed by atoms with E-state index in [-0.39, 0.29) is 0 Å². The minimum Gasteiger partial charge on any atom is -0.380 e. The molecule has 1 aromatic carbocycles. The Morgan fingerprint density at radius 2 is 2.10 bits per heavy atom.